The predicted octanol–water partition coefficient (Wildman–Crippen LogP) is 6.60. The van der Waals surface area contributed by atoms with Crippen LogP contribution in [-0.2, 0) is 23.3 Å². The van der Waals surface area contributed by atoms with Crippen LogP contribution in [-0.4, -0.2) is 29.6 Å². The van der Waals surface area contributed by atoms with Crippen molar-refractivity contribution in [3.05, 3.63) is 102 Å². The Morgan fingerprint density at radius 1 is 1.00 bits per heavy atom. The van der Waals surface area contributed by atoms with Crippen LogP contribution in [0.4, 0.5) is 0 Å². The molecule has 3 heterocycles. The van der Waals surface area contributed by atoms with Gasteiger partial charge >= 0.3 is 0 Å². The highest BCUT2D eigenvalue weighted by Gasteiger charge is 2.44. The molecule has 4 nitrogen and oxygen atoms in total. The van der Waals surface area contributed by atoms with E-state index in [2.05, 4.69) is 84.4 Å². The van der Waals surface area contributed by atoms with Crippen molar-refractivity contribution in [2.75, 3.05) is 19.7 Å². The maximum atomic E-state index is 6.36. The maximum Gasteiger partial charge on any atom is 0.134 e. The molecule has 0 saturated carbocycles. The second kappa shape index (κ2) is 9.73. The number of furan rings is 1. The fourth-order valence-electron chi connectivity index (χ4n) is 5.22. The van der Waals surface area contributed by atoms with Crippen LogP contribution in [0.2, 0.25) is 0 Å². The molecule has 0 unspecified atom stereocenters. The molecule has 1 atom stereocenters. The number of likely N-dealkylation sites (tertiary alicyclic amines) is 1. The molecule has 0 radical (unpaired) electrons. The first-order valence-corrected chi connectivity index (χ1v) is 12.3. The van der Waals surface area contributed by atoms with E-state index in [4.69, 9.17) is 9.15 Å². The molecule has 0 spiro atoms. The van der Waals surface area contributed by atoms with Gasteiger partial charge in [0.15, 0.2) is 0 Å². The lowest BCUT2D eigenvalue weighted by Gasteiger charge is -2.37. The third kappa shape index (κ3) is 4.94. The lowest BCUT2D eigenvalue weighted by atomic mass is 9.81. The minimum absolute atomic E-state index is 0.110. The van der Waals surface area contributed by atoms with Gasteiger partial charge in [0, 0.05) is 23.5 Å². The van der Waals surface area contributed by atoms with E-state index in [1.807, 2.05) is 18.3 Å². The van der Waals surface area contributed by atoms with Gasteiger partial charge in [-0.3, -0.25) is 9.88 Å². The van der Waals surface area contributed by atoms with Crippen molar-refractivity contribution in [3.8, 4) is 0 Å². The number of rotatable bonds is 9. The van der Waals surface area contributed by atoms with Gasteiger partial charge in [0.25, 0.3) is 0 Å². The fourth-order valence-corrected chi connectivity index (χ4v) is 5.22. The van der Waals surface area contributed by atoms with Gasteiger partial charge in [-0.15, -0.1) is 0 Å². The van der Waals surface area contributed by atoms with E-state index < -0.39 is 0 Å². The predicted molar refractivity (Wildman–Crippen MR) is 137 cm³/mol. The highest BCUT2D eigenvalue weighted by molar-refractivity contribution is 5.77. The van der Waals surface area contributed by atoms with Crippen LogP contribution in [0.1, 0.15) is 43.5 Å². The van der Waals surface area contributed by atoms with E-state index >= 15 is 0 Å². The first-order chi connectivity index (χ1) is 16.5. The number of nitrogens with zero attached hydrogens (tertiary/aromatic N) is 2. The van der Waals surface area contributed by atoms with Crippen LogP contribution in [0, 0.1) is 5.41 Å². The van der Waals surface area contributed by atoms with E-state index in [0.717, 1.165) is 55.6 Å². The molecule has 0 bridgehead atoms. The summed E-state index contributed by atoms with van der Waals surface area (Å²) in [6.45, 7) is 8.07. The Labute approximate surface area is 202 Å². The van der Waals surface area contributed by atoms with Crippen molar-refractivity contribution in [1.82, 2.24) is 9.88 Å². The molecule has 1 saturated heterocycles. The number of hydrogen-bond acceptors (Lipinski definition) is 4. The number of benzene rings is 2. The van der Waals surface area contributed by atoms with E-state index in [1.54, 1.807) is 6.26 Å². The van der Waals surface area contributed by atoms with Gasteiger partial charge in [-0.25, -0.2) is 0 Å². The molecular formula is C30H34N2O2. The normalized spacial score (nSPS) is 19.1. The third-order valence-electron chi connectivity index (χ3n) is 7.51. The van der Waals surface area contributed by atoms with Crippen molar-refractivity contribution in [2.24, 2.45) is 5.41 Å². The quantitative estimate of drug-likeness (QED) is 0.285. The van der Waals surface area contributed by atoms with Gasteiger partial charge in [-0.1, -0.05) is 48.5 Å². The standard InChI is InChI=1S/C30H34N2O2/c1-29(2,28-10-6-7-17-31-28)32-18-16-30(22-32,23-33-21-25-8-4-3-5-9-25)15-13-24-11-12-26-14-19-34-27(26)20-24/h3-12,14,17,19-20H,13,15-16,18,21-23H2,1-2H3/t30-/m1/s1. The maximum absolute atomic E-state index is 6.36. The summed E-state index contributed by atoms with van der Waals surface area (Å²) < 4.78 is 12.0. The molecule has 1 aliphatic heterocycles. The Kier molecular flexibility index (Phi) is 6.53. The minimum Gasteiger partial charge on any atom is -0.464 e. The second-order valence-corrected chi connectivity index (χ2v) is 10.2. The first kappa shape index (κ1) is 22.8. The Morgan fingerprint density at radius 2 is 1.85 bits per heavy atom. The lowest BCUT2D eigenvalue weighted by Crippen LogP contribution is -2.43. The lowest BCUT2D eigenvalue weighted by molar-refractivity contribution is 0.0236. The van der Waals surface area contributed by atoms with E-state index in [-0.39, 0.29) is 11.0 Å². The Morgan fingerprint density at radius 3 is 2.68 bits per heavy atom. The summed E-state index contributed by atoms with van der Waals surface area (Å²) in [5.74, 6) is 0. The summed E-state index contributed by atoms with van der Waals surface area (Å²) in [6.07, 6.45) is 6.89. The first-order valence-electron chi connectivity index (χ1n) is 12.3. The van der Waals surface area contributed by atoms with Crippen molar-refractivity contribution in [3.63, 3.8) is 0 Å². The van der Waals surface area contributed by atoms with Crippen LogP contribution >= 0.6 is 0 Å². The highest BCUT2D eigenvalue weighted by atomic mass is 16.5. The smallest absolute Gasteiger partial charge is 0.134 e. The number of aromatic nitrogens is 1. The summed E-state index contributed by atoms with van der Waals surface area (Å²) in [6, 6.07) is 25.3. The average molecular weight is 455 g/mol. The SMILES string of the molecule is CC(C)(c1ccccn1)N1CC[C@@](CCc2ccc3ccoc3c2)(COCc2ccccc2)C1. The molecule has 176 valence electrons. The fraction of sp³-hybridized carbons (Fsp3) is 0.367. The summed E-state index contributed by atoms with van der Waals surface area (Å²) in [5, 5.41) is 1.16. The van der Waals surface area contributed by atoms with Crippen LogP contribution in [0.3, 0.4) is 0 Å². The monoisotopic (exact) mass is 454 g/mol. The molecule has 4 heteroatoms. The Bertz CT molecular complexity index is 1200. The summed E-state index contributed by atoms with van der Waals surface area (Å²) in [5.41, 5.74) is 4.64. The summed E-state index contributed by atoms with van der Waals surface area (Å²) in [4.78, 5) is 7.27. The topological polar surface area (TPSA) is 38.5 Å². The van der Waals surface area contributed by atoms with Gasteiger partial charge in [0.2, 0.25) is 0 Å². The molecule has 34 heavy (non-hydrogen) atoms. The Hall–Kier alpha value is -2.95. The van der Waals surface area contributed by atoms with Crippen molar-refractivity contribution < 1.29 is 9.15 Å². The number of pyridine rings is 1. The van der Waals surface area contributed by atoms with Crippen LogP contribution in [0.5, 0.6) is 0 Å². The minimum atomic E-state index is -0.116. The number of ether oxygens (including phenoxy) is 1. The van der Waals surface area contributed by atoms with Gasteiger partial charge in [-0.2, -0.15) is 0 Å². The molecular weight excluding hydrogens is 420 g/mol. The van der Waals surface area contributed by atoms with E-state index in [0.29, 0.717) is 6.61 Å². The van der Waals surface area contributed by atoms with Crippen molar-refractivity contribution >= 4 is 11.0 Å². The summed E-state index contributed by atoms with van der Waals surface area (Å²) >= 11 is 0. The second-order valence-electron chi connectivity index (χ2n) is 10.2. The van der Waals surface area contributed by atoms with Gasteiger partial charge in [-0.05, 0) is 75.0 Å². The molecule has 0 amide bonds. The average Bonchev–Trinajstić information content (AvgIpc) is 3.52. The van der Waals surface area contributed by atoms with Gasteiger partial charge in [0.05, 0.1) is 30.7 Å². The zero-order valence-electron chi connectivity index (χ0n) is 20.2. The van der Waals surface area contributed by atoms with E-state index in [9.17, 15) is 0 Å². The third-order valence-corrected chi connectivity index (χ3v) is 7.51. The highest BCUT2D eigenvalue weighted by Crippen LogP contribution is 2.41. The Balaban J connectivity index is 1.32. The number of fused-ring (bicyclic) bond motifs is 1. The largest absolute Gasteiger partial charge is 0.464 e. The van der Waals surface area contributed by atoms with Crippen molar-refractivity contribution in [2.45, 2.75) is 45.3 Å². The molecule has 1 aliphatic rings. The zero-order valence-corrected chi connectivity index (χ0v) is 20.2. The molecule has 4 aromatic rings. The van der Waals surface area contributed by atoms with Crippen LogP contribution in [0.25, 0.3) is 11.0 Å². The molecule has 0 N–H and O–H groups in total. The number of hydrogen-bond donors (Lipinski definition) is 0. The van der Waals surface area contributed by atoms with E-state index in [1.165, 1.54) is 11.1 Å². The summed E-state index contributed by atoms with van der Waals surface area (Å²) in [7, 11) is 0. The number of aryl methyl sites for hydroxylation is 1. The van der Waals surface area contributed by atoms with Crippen LogP contribution in [0.15, 0.2) is 89.7 Å². The molecule has 5 rings (SSSR count). The van der Waals surface area contributed by atoms with Gasteiger partial charge in [0.1, 0.15) is 5.58 Å². The molecule has 2 aromatic carbocycles. The molecule has 1 fully saturated rings. The molecule has 0 aliphatic carbocycles. The van der Waals surface area contributed by atoms with Gasteiger partial charge < -0.3 is 9.15 Å². The zero-order chi connectivity index (χ0) is 23.4. The molecule has 2 aromatic heterocycles. The van der Waals surface area contributed by atoms with Crippen molar-refractivity contribution in [1.29, 1.82) is 0 Å². The van der Waals surface area contributed by atoms with Crippen LogP contribution < -0.4 is 0 Å².